The maximum Gasteiger partial charge on any atom is 0.0456 e. The molecule has 18 heavy (non-hydrogen) atoms. The Bertz CT molecular complexity index is 471. The molecule has 0 saturated carbocycles. The van der Waals surface area contributed by atoms with Gasteiger partial charge in [-0.25, -0.2) is 0 Å². The molecule has 0 aliphatic rings. The van der Waals surface area contributed by atoms with Crippen molar-refractivity contribution in [1.29, 1.82) is 0 Å². The third-order valence-corrected chi connectivity index (χ3v) is 3.59. The van der Waals surface area contributed by atoms with Crippen LogP contribution in [0.25, 0.3) is 10.9 Å². The first kappa shape index (κ1) is 13.1. The van der Waals surface area contributed by atoms with Crippen LogP contribution in [0.15, 0.2) is 30.5 Å². The third kappa shape index (κ3) is 3.12. The van der Waals surface area contributed by atoms with Gasteiger partial charge in [-0.2, -0.15) is 0 Å². The summed E-state index contributed by atoms with van der Waals surface area (Å²) in [6, 6.07) is 8.45. The number of rotatable bonds is 7. The van der Waals surface area contributed by atoms with Crippen LogP contribution in [0.1, 0.15) is 18.9 Å². The van der Waals surface area contributed by atoms with Crippen LogP contribution in [0.4, 0.5) is 0 Å². The monoisotopic (exact) mass is 245 g/mol. The van der Waals surface area contributed by atoms with Gasteiger partial charge >= 0.3 is 0 Å². The molecular weight excluding hydrogens is 222 g/mol. The van der Waals surface area contributed by atoms with E-state index in [0.29, 0.717) is 5.92 Å². The molecule has 1 unspecified atom stereocenters. The van der Waals surface area contributed by atoms with E-state index in [9.17, 15) is 0 Å². The zero-order valence-corrected chi connectivity index (χ0v) is 11.1. The van der Waals surface area contributed by atoms with Crippen LogP contribution in [-0.4, -0.2) is 24.6 Å². The first-order valence-electron chi connectivity index (χ1n) is 6.81. The molecular formula is C15H23N3. The standard InChI is InChI=1S/C15H23N3/c1-2-12(9-16)10-17-8-7-13-11-18-15-6-4-3-5-14(13)15/h3-6,11-12,17-18H,2,7-10,16H2,1H3. The molecule has 0 aliphatic carbocycles. The molecule has 0 bridgehead atoms. The van der Waals surface area contributed by atoms with Crippen LogP contribution < -0.4 is 11.1 Å². The molecule has 0 radical (unpaired) electrons. The molecule has 2 rings (SSSR count). The number of para-hydroxylation sites is 1. The Morgan fingerprint density at radius 1 is 1.33 bits per heavy atom. The van der Waals surface area contributed by atoms with Crippen molar-refractivity contribution in [2.45, 2.75) is 19.8 Å². The van der Waals surface area contributed by atoms with Crippen LogP contribution in [0.2, 0.25) is 0 Å². The van der Waals surface area contributed by atoms with Gasteiger partial charge in [0, 0.05) is 17.1 Å². The van der Waals surface area contributed by atoms with Crippen LogP contribution in [0, 0.1) is 5.92 Å². The predicted molar refractivity (Wildman–Crippen MR) is 77.7 cm³/mol. The fourth-order valence-corrected chi connectivity index (χ4v) is 2.26. The third-order valence-electron chi connectivity index (χ3n) is 3.59. The highest BCUT2D eigenvalue weighted by Gasteiger charge is 2.04. The number of nitrogens with two attached hydrogens (primary N) is 1. The number of hydrogen-bond acceptors (Lipinski definition) is 2. The van der Waals surface area contributed by atoms with Gasteiger partial charge in [0.25, 0.3) is 0 Å². The normalized spacial score (nSPS) is 13.0. The molecule has 0 spiro atoms. The van der Waals surface area contributed by atoms with E-state index < -0.39 is 0 Å². The fourth-order valence-electron chi connectivity index (χ4n) is 2.26. The Hall–Kier alpha value is -1.32. The average Bonchev–Trinajstić information content (AvgIpc) is 2.82. The van der Waals surface area contributed by atoms with Crippen molar-refractivity contribution in [1.82, 2.24) is 10.3 Å². The van der Waals surface area contributed by atoms with Gasteiger partial charge in [-0.3, -0.25) is 0 Å². The van der Waals surface area contributed by atoms with E-state index in [1.807, 2.05) is 0 Å². The number of fused-ring (bicyclic) bond motifs is 1. The first-order chi connectivity index (χ1) is 8.85. The minimum atomic E-state index is 0.605. The highest BCUT2D eigenvalue weighted by molar-refractivity contribution is 5.83. The lowest BCUT2D eigenvalue weighted by Crippen LogP contribution is -2.29. The summed E-state index contributed by atoms with van der Waals surface area (Å²) in [5, 5.41) is 4.83. The van der Waals surface area contributed by atoms with Crippen LogP contribution in [0.5, 0.6) is 0 Å². The number of benzene rings is 1. The van der Waals surface area contributed by atoms with Crippen molar-refractivity contribution in [2.24, 2.45) is 11.7 Å². The highest BCUT2D eigenvalue weighted by Crippen LogP contribution is 2.17. The molecule has 2 aromatic rings. The first-order valence-corrected chi connectivity index (χ1v) is 6.81. The predicted octanol–water partition coefficient (Wildman–Crippen LogP) is 2.28. The second-order valence-corrected chi connectivity index (χ2v) is 4.82. The van der Waals surface area contributed by atoms with Crippen molar-refractivity contribution in [2.75, 3.05) is 19.6 Å². The highest BCUT2D eigenvalue weighted by atomic mass is 14.9. The quantitative estimate of drug-likeness (QED) is 0.656. The maximum atomic E-state index is 5.69. The van der Waals surface area contributed by atoms with Gasteiger partial charge in [0.05, 0.1) is 0 Å². The smallest absolute Gasteiger partial charge is 0.0456 e. The van der Waals surface area contributed by atoms with Gasteiger partial charge in [0.15, 0.2) is 0 Å². The lowest BCUT2D eigenvalue weighted by Gasteiger charge is -2.12. The molecule has 0 aliphatic heterocycles. The molecule has 0 amide bonds. The number of H-pyrrole nitrogens is 1. The Labute approximate surface area is 109 Å². The molecule has 3 nitrogen and oxygen atoms in total. The molecule has 1 heterocycles. The van der Waals surface area contributed by atoms with Crippen LogP contribution in [0.3, 0.4) is 0 Å². The summed E-state index contributed by atoms with van der Waals surface area (Å²) >= 11 is 0. The van der Waals surface area contributed by atoms with Crippen molar-refractivity contribution in [3.05, 3.63) is 36.0 Å². The lowest BCUT2D eigenvalue weighted by molar-refractivity contribution is 0.474. The fraction of sp³-hybridized carbons (Fsp3) is 0.467. The summed E-state index contributed by atoms with van der Waals surface area (Å²) < 4.78 is 0. The SMILES string of the molecule is CCC(CN)CNCCc1c[nH]c2ccccc12. The number of nitrogens with one attached hydrogen (secondary N) is 2. The van der Waals surface area contributed by atoms with Gasteiger partial charge in [-0.15, -0.1) is 0 Å². The molecule has 1 atom stereocenters. The Morgan fingerprint density at radius 3 is 2.94 bits per heavy atom. The van der Waals surface area contributed by atoms with Crippen molar-refractivity contribution in [3.8, 4) is 0 Å². The van der Waals surface area contributed by atoms with E-state index in [1.54, 1.807) is 0 Å². The zero-order chi connectivity index (χ0) is 12.8. The summed E-state index contributed by atoms with van der Waals surface area (Å²) in [6.07, 6.45) is 4.33. The van der Waals surface area contributed by atoms with Gasteiger partial charge in [0.1, 0.15) is 0 Å². The summed E-state index contributed by atoms with van der Waals surface area (Å²) in [4.78, 5) is 3.31. The lowest BCUT2D eigenvalue weighted by atomic mass is 10.1. The maximum absolute atomic E-state index is 5.69. The Kier molecular flexibility index (Phi) is 4.79. The zero-order valence-electron chi connectivity index (χ0n) is 11.1. The summed E-state index contributed by atoms with van der Waals surface area (Å²) in [5.41, 5.74) is 8.30. The number of hydrogen-bond donors (Lipinski definition) is 3. The molecule has 4 N–H and O–H groups in total. The molecule has 0 fully saturated rings. The van der Waals surface area contributed by atoms with Crippen molar-refractivity contribution in [3.63, 3.8) is 0 Å². The summed E-state index contributed by atoms with van der Waals surface area (Å²) in [6.45, 7) is 5.00. The molecule has 1 aromatic heterocycles. The average molecular weight is 245 g/mol. The number of aromatic nitrogens is 1. The minimum Gasteiger partial charge on any atom is -0.361 e. The topological polar surface area (TPSA) is 53.8 Å². The van der Waals surface area contributed by atoms with E-state index in [4.69, 9.17) is 5.73 Å². The second kappa shape index (κ2) is 6.57. The van der Waals surface area contributed by atoms with Crippen molar-refractivity contribution < 1.29 is 0 Å². The molecule has 98 valence electrons. The van der Waals surface area contributed by atoms with Crippen molar-refractivity contribution >= 4 is 10.9 Å². The van der Waals surface area contributed by atoms with Crippen LogP contribution >= 0.6 is 0 Å². The van der Waals surface area contributed by atoms with Gasteiger partial charge in [0.2, 0.25) is 0 Å². The Balaban J connectivity index is 1.83. The van der Waals surface area contributed by atoms with E-state index in [0.717, 1.165) is 32.5 Å². The minimum absolute atomic E-state index is 0.605. The molecule has 0 saturated heterocycles. The summed E-state index contributed by atoms with van der Waals surface area (Å²) in [7, 11) is 0. The molecule has 3 heteroatoms. The van der Waals surface area contributed by atoms with Crippen LogP contribution in [-0.2, 0) is 6.42 Å². The van der Waals surface area contributed by atoms with Gasteiger partial charge in [-0.05, 0) is 43.6 Å². The van der Waals surface area contributed by atoms with E-state index in [2.05, 4.69) is 47.7 Å². The van der Waals surface area contributed by atoms with Gasteiger partial charge in [-0.1, -0.05) is 31.5 Å². The van der Waals surface area contributed by atoms with E-state index in [-0.39, 0.29) is 0 Å². The van der Waals surface area contributed by atoms with E-state index >= 15 is 0 Å². The second-order valence-electron chi connectivity index (χ2n) is 4.82. The largest absolute Gasteiger partial charge is 0.361 e. The molecule has 1 aromatic carbocycles. The Morgan fingerprint density at radius 2 is 2.17 bits per heavy atom. The van der Waals surface area contributed by atoms with E-state index in [1.165, 1.54) is 16.5 Å². The van der Waals surface area contributed by atoms with Gasteiger partial charge < -0.3 is 16.0 Å². The summed E-state index contributed by atoms with van der Waals surface area (Å²) in [5.74, 6) is 0.605. The number of aromatic amines is 1.